The highest BCUT2D eigenvalue weighted by Crippen LogP contribution is 2.36. The van der Waals surface area contributed by atoms with E-state index < -0.39 is 50.9 Å². The Balaban J connectivity index is 3.32. The predicted octanol–water partition coefficient (Wildman–Crippen LogP) is 3.92. The number of rotatable bonds is 4. The van der Waals surface area contributed by atoms with Gasteiger partial charge in [-0.15, -0.1) is 0 Å². The molecule has 0 aromatic heterocycles. The lowest BCUT2D eigenvalue weighted by molar-refractivity contribution is -0.140. The molecule has 4 nitrogen and oxygen atoms in total. The van der Waals surface area contributed by atoms with Crippen molar-refractivity contribution in [1.29, 1.82) is 0 Å². The highest BCUT2D eigenvalue weighted by molar-refractivity contribution is 7.84. The van der Waals surface area contributed by atoms with Crippen molar-refractivity contribution in [2.45, 2.75) is 51.6 Å². The number of carbonyl (C=O) groups excluding carboxylic acids is 1. The van der Waals surface area contributed by atoms with Crippen LogP contribution in [0.25, 0.3) is 0 Å². The van der Waals surface area contributed by atoms with Gasteiger partial charge in [0, 0.05) is 13.0 Å². The van der Waals surface area contributed by atoms with Crippen LogP contribution < -0.4 is 10.0 Å². The maximum Gasteiger partial charge on any atom is 0.419 e. The van der Waals surface area contributed by atoms with Gasteiger partial charge < -0.3 is 5.32 Å². The molecule has 0 saturated heterocycles. The predicted molar refractivity (Wildman–Crippen MR) is 85.2 cm³/mol. The topological polar surface area (TPSA) is 58.2 Å². The maximum atomic E-state index is 14.0. The monoisotopic (exact) mass is 368 g/mol. The summed E-state index contributed by atoms with van der Waals surface area (Å²) in [5.41, 5.74) is -1.99. The lowest BCUT2D eigenvalue weighted by atomic mass is 10.0. The first-order valence-corrected chi connectivity index (χ1v) is 8.24. The summed E-state index contributed by atoms with van der Waals surface area (Å²) in [5.74, 6) is -2.25. The average Bonchev–Trinajstić information content (AvgIpc) is 2.37. The van der Waals surface area contributed by atoms with Gasteiger partial charge in [0.05, 0.1) is 27.0 Å². The third-order valence-electron chi connectivity index (χ3n) is 3.05. The van der Waals surface area contributed by atoms with Crippen LogP contribution in [0.1, 0.15) is 51.8 Å². The van der Waals surface area contributed by atoms with Gasteiger partial charge in [0.25, 0.3) is 0 Å². The van der Waals surface area contributed by atoms with Crippen molar-refractivity contribution in [2.75, 3.05) is 5.32 Å². The van der Waals surface area contributed by atoms with Crippen LogP contribution in [0.15, 0.2) is 12.1 Å². The Hall–Kier alpha value is -1.48. The number of benzene rings is 1. The van der Waals surface area contributed by atoms with Gasteiger partial charge in [-0.3, -0.25) is 4.79 Å². The van der Waals surface area contributed by atoms with E-state index in [-0.39, 0.29) is 5.56 Å². The first-order valence-electron chi connectivity index (χ1n) is 7.09. The molecule has 0 bridgehead atoms. The first kappa shape index (κ1) is 20.6. The third kappa shape index (κ3) is 5.27. The summed E-state index contributed by atoms with van der Waals surface area (Å²) >= 11 is 0. The van der Waals surface area contributed by atoms with E-state index in [0.717, 1.165) is 13.0 Å². The molecule has 0 fully saturated rings. The Morgan fingerprint density at radius 2 is 1.75 bits per heavy atom. The van der Waals surface area contributed by atoms with Crippen LogP contribution in [0.4, 0.5) is 23.2 Å². The van der Waals surface area contributed by atoms with Gasteiger partial charge in [0.2, 0.25) is 5.91 Å². The van der Waals surface area contributed by atoms with Gasteiger partial charge in [0.1, 0.15) is 0 Å². The fourth-order valence-corrected chi connectivity index (χ4v) is 2.60. The van der Waals surface area contributed by atoms with E-state index >= 15 is 0 Å². The molecule has 9 heteroatoms. The average molecular weight is 368 g/mol. The van der Waals surface area contributed by atoms with Gasteiger partial charge in [-0.1, -0.05) is 0 Å². The van der Waals surface area contributed by atoms with Crippen LogP contribution in [-0.2, 0) is 22.0 Å². The minimum absolute atomic E-state index is 0.0603. The van der Waals surface area contributed by atoms with Crippen LogP contribution in [0, 0.1) is 5.82 Å². The molecule has 136 valence electrons. The van der Waals surface area contributed by atoms with E-state index in [1.807, 2.05) is 5.32 Å². The molecule has 2 N–H and O–H groups in total. The zero-order chi connectivity index (χ0) is 18.9. The molecule has 1 unspecified atom stereocenters. The number of hydrogen-bond acceptors (Lipinski definition) is 2. The Kier molecular flexibility index (Phi) is 6.15. The Labute approximate surface area is 140 Å². The molecule has 0 aliphatic heterocycles. The molecule has 1 aromatic carbocycles. The van der Waals surface area contributed by atoms with Crippen molar-refractivity contribution in [2.24, 2.45) is 0 Å². The summed E-state index contributed by atoms with van der Waals surface area (Å²) in [4.78, 5) is 11.1. The summed E-state index contributed by atoms with van der Waals surface area (Å²) in [6, 6.07) is 1.00. The van der Waals surface area contributed by atoms with E-state index in [2.05, 4.69) is 4.72 Å². The normalized spacial score (nSPS) is 15.0. The number of nitrogens with one attached hydrogen (secondary N) is 2. The van der Waals surface area contributed by atoms with Crippen molar-refractivity contribution in [3.05, 3.63) is 29.1 Å². The fourth-order valence-electron chi connectivity index (χ4n) is 1.79. The van der Waals surface area contributed by atoms with Crippen LogP contribution in [0.3, 0.4) is 0 Å². The zero-order valence-electron chi connectivity index (χ0n) is 14.0. The molecule has 1 rings (SSSR count). The summed E-state index contributed by atoms with van der Waals surface area (Å²) in [7, 11) is -1.53. The van der Waals surface area contributed by atoms with E-state index in [4.69, 9.17) is 0 Å². The number of hydrogen-bond donors (Lipinski definition) is 2. The quantitative estimate of drug-likeness (QED) is 0.792. The minimum Gasteiger partial charge on any atom is -0.324 e. The van der Waals surface area contributed by atoms with Crippen molar-refractivity contribution >= 4 is 22.6 Å². The Morgan fingerprint density at radius 3 is 2.17 bits per heavy atom. The fraction of sp³-hybridized carbons (Fsp3) is 0.533. The lowest BCUT2D eigenvalue weighted by Crippen LogP contribution is -2.35. The number of halogens is 4. The molecule has 0 aliphatic rings. The molecule has 0 saturated carbocycles. The molecular weight excluding hydrogens is 348 g/mol. The molecular formula is C15H20F4N2O2S. The van der Waals surface area contributed by atoms with E-state index in [0.29, 0.717) is 6.07 Å². The van der Waals surface area contributed by atoms with Crippen molar-refractivity contribution in [1.82, 2.24) is 4.72 Å². The Morgan fingerprint density at radius 1 is 1.21 bits per heavy atom. The largest absolute Gasteiger partial charge is 0.419 e. The molecule has 0 aliphatic carbocycles. The molecule has 1 aromatic rings. The standard InChI is InChI=1S/C15H20F4N2O2S/c1-8(21-24(23)14(3,4)5)10-6-11(15(17,18)19)13(16)12(7-10)20-9(2)22/h6-8,21H,1-5H3,(H,20,22)/t8?,24-/m1/s1. The number of amides is 1. The smallest absolute Gasteiger partial charge is 0.324 e. The first-order chi connectivity index (χ1) is 10.7. The van der Waals surface area contributed by atoms with Gasteiger partial charge in [0.15, 0.2) is 5.82 Å². The second-order valence-corrected chi connectivity index (χ2v) is 8.33. The van der Waals surface area contributed by atoms with Gasteiger partial charge in [-0.05, 0) is 45.4 Å². The molecule has 0 radical (unpaired) electrons. The van der Waals surface area contributed by atoms with Crippen LogP contribution in [0.5, 0.6) is 0 Å². The second kappa shape index (κ2) is 7.18. The highest BCUT2D eigenvalue weighted by atomic mass is 32.2. The third-order valence-corrected chi connectivity index (χ3v) is 4.73. The van der Waals surface area contributed by atoms with Crippen LogP contribution in [0.2, 0.25) is 0 Å². The molecule has 0 heterocycles. The summed E-state index contributed by atoms with van der Waals surface area (Å²) in [5, 5.41) is 2.05. The zero-order valence-corrected chi connectivity index (χ0v) is 14.8. The van der Waals surface area contributed by atoms with Crippen molar-refractivity contribution in [3.8, 4) is 0 Å². The summed E-state index contributed by atoms with van der Waals surface area (Å²) in [6.07, 6.45) is -4.92. The van der Waals surface area contributed by atoms with Crippen molar-refractivity contribution < 1.29 is 26.6 Å². The van der Waals surface area contributed by atoms with Gasteiger partial charge in [-0.2, -0.15) is 13.2 Å². The van der Waals surface area contributed by atoms with Crippen LogP contribution in [-0.4, -0.2) is 14.9 Å². The number of alkyl halides is 3. The van der Waals surface area contributed by atoms with Gasteiger partial charge in [-0.25, -0.2) is 13.3 Å². The lowest BCUT2D eigenvalue weighted by Gasteiger charge is -2.23. The minimum atomic E-state index is -4.92. The van der Waals surface area contributed by atoms with E-state index in [1.165, 1.54) is 6.92 Å². The molecule has 0 spiro atoms. The maximum absolute atomic E-state index is 14.0. The second-order valence-electron chi connectivity index (χ2n) is 6.33. The number of carbonyl (C=O) groups is 1. The Bertz CT molecular complexity index is 654. The summed E-state index contributed by atoms with van der Waals surface area (Å²) < 4.78 is 67.2. The van der Waals surface area contributed by atoms with Crippen LogP contribution >= 0.6 is 0 Å². The molecule has 1 amide bonds. The molecule has 2 atom stereocenters. The number of anilines is 1. The highest BCUT2D eigenvalue weighted by Gasteiger charge is 2.36. The SMILES string of the molecule is CC(=O)Nc1cc(C(C)N[S@](=O)C(C)(C)C)cc(C(F)(F)F)c1F. The van der Waals surface area contributed by atoms with Gasteiger partial charge >= 0.3 is 6.18 Å². The van der Waals surface area contributed by atoms with E-state index in [9.17, 15) is 26.6 Å². The summed E-state index contributed by atoms with van der Waals surface area (Å²) in [6.45, 7) is 7.69. The molecule has 24 heavy (non-hydrogen) atoms. The van der Waals surface area contributed by atoms with E-state index in [1.54, 1.807) is 20.8 Å². The van der Waals surface area contributed by atoms with Crippen molar-refractivity contribution in [3.63, 3.8) is 0 Å².